The molecule has 0 amide bonds. The van der Waals surface area contributed by atoms with Crippen LogP contribution < -0.4 is 0 Å². The van der Waals surface area contributed by atoms with Gasteiger partial charge < -0.3 is 23.7 Å². The predicted octanol–water partition coefficient (Wildman–Crippen LogP) is 4.57. The first-order valence-corrected chi connectivity index (χ1v) is 14.5. The van der Waals surface area contributed by atoms with Gasteiger partial charge in [-0.3, -0.25) is 24.0 Å². The number of rotatable bonds is 9. The van der Waals surface area contributed by atoms with Gasteiger partial charge in [-0.2, -0.15) is 13.2 Å². The van der Waals surface area contributed by atoms with Crippen molar-refractivity contribution in [2.45, 2.75) is 106 Å². The van der Waals surface area contributed by atoms with Gasteiger partial charge in [0, 0.05) is 0 Å². The summed E-state index contributed by atoms with van der Waals surface area (Å²) in [6, 6.07) is 0. The van der Waals surface area contributed by atoms with E-state index in [0.29, 0.717) is 12.8 Å². The van der Waals surface area contributed by atoms with Crippen molar-refractivity contribution in [1.29, 1.82) is 0 Å². The van der Waals surface area contributed by atoms with E-state index in [1.54, 1.807) is 20.8 Å². The number of halogens is 3. The van der Waals surface area contributed by atoms with Gasteiger partial charge in [-0.05, 0) is 69.6 Å². The van der Waals surface area contributed by atoms with Crippen LogP contribution in [-0.4, -0.2) is 66.4 Å². The van der Waals surface area contributed by atoms with E-state index >= 15 is 0 Å². The Labute approximate surface area is 261 Å². The molecule has 0 aromatic heterocycles. The Hall–Kier alpha value is -3.19. The zero-order chi connectivity index (χ0) is 32.0. The monoisotopic (exact) mass is 650 g/mol. The van der Waals surface area contributed by atoms with Crippen molar-refractivity contribution in [3.05, 3.63) is 0 Å². The molecule has 2 aliphatic heterocycles. The van der Waals surface area contributed by atoms with E-state index in [2.05, 4.69) is 0 Å². The fraction of sp³-hybridized carbons (Fsp3) is 0.806. The van der Waals surface area contributed by atoms with Crippen LogP contribution in [0.5, 0.6) is 0 Å². The minimum absolute atomic E-state index is 0. The number of alkyl halides is 3. The molecule has 0 aromatic rings. The zero-order valence-corrected chi connectivity index (χ0v) is 24.6. The summed E-state index contributed by atoms with van der Waals surface area (Å²) in [6.45, 7) is 8.12. The molecule has 4 aliphatic rings. The maximum atomic E-state index is 13.2. The van der Waals surface area contributed by atoms with Crippen LogP contribution in [0.2, 0.25) is 0 Å². The SMILES string of the molecule is C.C.CC(CC1C(=O)OC(=O)C1C1C(C)C2CC(C(CC(=O)OC(C)(C)C)OC(=O)C(F)(F)F)C1C2)C(=O)OC1COC(=O)C1. The van der Waals surface area contributed by atoms with Crippen molar-refractivity contribution < 1.29 is 65.6 Å². The van der Waals surface area contributed by atoms with E-state index in [9.17, 15) is 41.9 Å². The first kappa shape index (κ1) is 38.0. The number of ether oxygens (including phenoxy) is 5. The molecule has 0 N–H and O–H groups in total. The fourth-order valence-corrected chi connectivity index (χ4v) is 7.32. The summed E-state index contributed by atoms with van der Waals surface area (Å²) in [5.41, 5.74) is -0.930. The molecule has 4 fully saturated rings. The lowest BCUT2D eigenvalue weighted by Gasteiger charge is -2.40. The van der Waals surface area contributed by atoms with Crippen LogP contribution in [0.1, 0.15) is 81.6 Å². The van der Waals surface area contributed by atoms with Gasteiger partial charge in [0.2, 0.25) is 0 Å². The highest BCUT2D eigenvalue weighted by Crippen LogP contribution is 2.61. The highest BCUT2D eigenvalue weighted by atomic mass is 19.4. The number of cyclic esters (lactones) is 3. The van der Waals surface area contributed by atoms with Gasteiger partial charge in [0.25, 0.3) is 0 Å². The molecule has 2 saturated carbocycles. The quantitative estimate of drug-likeness (QED) is 0.196. The van der Waals surface area contributed by atoms with E-state index in [1.165, 1.54) is 6.92 Å². The molecule has 45 heavy (non-hydrogen) atoms. The molecule has 10 atom stereocenters. The van der Waals surface area contributed by atoms with Crippen molar-refractivity contribution in [2.75, 3.05) is 6.61 Å². The highest BCUT2D eigenvalue weighted by molar-refractivity contribution is 5.97. The van der Waals surface area contributed by atoms with E-state index < -0.39 is 102 Å². The number of fused-ring (bicyclic) bond motifs is 2. The fourth-order valence-electron chi connectivity index (χ4n) is 7.32. The molecule has 4 rings (SSSR count). The van der Waals surface area contributed by atoms with E-state index in [0.717, 1.165) is 0 Å². The molecular weight excluding hydrogens is 605 g/mol. The smallest absolute Gasteiger partial charge is 0.462 e. The molecule has 0 aromatic carbocycles. The van der Waals surface area contributed by atoms with Gasteiger partial charge in [0.15, 0.2) is 0 Å². The Morgan fingerprint density at radius 3 is 2.20 bits per heavy atom. The van der Waals surface area contributed by atoms with Gasteiger partial charge in [0.1, 0.15) is 24.4 Å². The zero-order valence-electron chi connectivity index (χ0n) is 24.6. The van der Waals surface area contributed by atoms with E-state index in [4.69, 9.17) is 23.7 Å². The van der Waals surface area contributed by atoms with Gasteiger partial charge in [-0.1, -0.05) is 28.7 Å². The number of carbonyl (C=O) groups excluding carboxylic acids is 6. The van der Waals surface area contributed by atoms with Crippen LogP contribution in [0.3, 0.4) is 0 Å². The molecule has 10 unspecified atom stereocenters. The van der Waals surface area contributed by atoms with Crippen LogP contribution in [-0.2, 0) is 52.5 Å². The summed E-state index contributed by atoms with van der Waals surface area (Å²) in [6.07, 6.45) is -7.44. The van der Waals surface area contributed by atoms with Crippen LogP contribution in [0.15, 0.2) is 0 Å². The van der Waals surface area contributed by atoms with Gasteiger partial charge >= 0.3 is 42.0 Å². The lowest BCUT2D eigenvalue weighted by atomic mass is 9.64. The molecule has 0 spiro atoms. The molecule has 0 radical (unpaired) electrons. The first-order valence-electron chi connectivity index (χ1n) is 14.5. The molecule has 256 valence electrons. The third-order valence-electron chi connectivity index (χ3n) is 9.04. The Morgan fingerprint density at radius 1 is 1.02 bits per heavy atom. The van der Waals surface area contributed by atoms with Crippen LogP contribution in [0.25, 0.3) is 0 Å². The minimum atomic E-state index is -5.29. The summed E-state index contributed by atoms with van der Waals surface area (Å²) in [5.74, 6) is -10.8. The number of hydrogen-bond donors (Lipinski definition) is 0. The van der Waals surface area contributed by atoms with E-state index in [-0.39, 0.29) is 46.1 Å². The third kappa shape index (κ3) is 8.55. The van der Waals surface area contributed by atoms with Crippen molar-refractivity contribution in [3.8, 4) is 0 Å². The maximum Gasteiger partial charge on any atom is 0.490 e. The maximum absolute atomic E-state index is 13.2. The molecule has 11 nitrogen and oxygen atoms in total. The number of hydrogen-bond acceptors (Lipinski definition) is 11. The average Bonchev–Trinajstić information content (AvgIpc) is 3.61. The molecular formula is C31H45F3O11. The van der Waals surface area contributed by atoms with Gasteiger partial charge in [-0.15, -0.1) is 0 Å². The minimum Gasteiger partial charge on any atom is -0.462 e. The summed E-state index contributed by atoms with van der Waals surface area (Å²) < 4.78 is 64.9. The molecule has 2 aliphatic carbocycles. The summed E-state index contributed by atoms with van der Waals surface area (Å²) in [7, 11) is 0. The van der Waals surface area contributed by atoms with Crippen molar-refractivity contribution in [2.24, 2.45) is 47.3 Å². The Kier molecular flexibility index (Phi) is 11.9. The normalized spacial score (nSPS) is 32.0. The summed E-state index contributed by atoms with van der Waals surface area (Å²) in [5, 5.41) is 0. The number of esters is 6. The molecule has 2 saturated heterocycles. The Bertz CT molecular complexity index is 1160. The third-order valence-corrected chi connectivity index (χ3v) is 9.04. The predicted molar refractivity (Wildman–Crippen MR) is 150 cm³/mol. The first-order chi connectivity index (χ1) is 19.9. The lowest BCUT2D eigenvalue weighted by Crippen LogP contribution is -2.44. The molecule has 2 heterocycles. The Morgan fingerprint density at radius 2 is 1.67 bits per heavy atom. The van der Waals surface area contributed by atoms with Crippen LogP contribution in [0, 0.1) is 47.3 Å². The average molecular weight is 651 g/mol. The lowest BCUT2D eigenvalue weighted by molar-refractivity contribution is -0.210. The van der Waals surface area contributed by atoms with Crippen LogP contribution >= 0.6 is 0 Å². The van der Waals surface area contributed by atoms with Gasteiger partial charge in [0.05, 0.1) is 30.6 Å². The summed E-state index contributed by atoms with van der Waals surface area (Å²) in [4.78, 5) is 74.5. The Balaban J connectivity index is 0.00000353. The topological polar surface area (TPSA) is 149 Å². The second-order valence-electron chi connectivity index (χ2n) is 13.2. The summed E-state index contributed by atoms with van der Waals surface area (Å²) >= 11 is 0. The largest absolute Gasteiger partial charge is 0.490 e. The van der Waals surface area contributed by atoms with Crippen molar-refractivity contribution >= 4 is 35.8 Å². The van der Waals surface area contributed by atoms with Crippen molar-refractivity contribution in [1.82, 2.24) is 0 Å². The van der Waals surface area contributed by atoms with Crippen LogP contribution in [0.4, 0.5) is 13.2 Å². The highest BCUT2D eigenvalue weighted by Gasteiger charge is 2.62. The molecule has 14 heteroatoms. The van der Waals surface area contributed by atoms with Crippen molar-refractivity contribution in [3.63, 3.8) is 0 Å². The second kappa shape index (κ2) is 14.1. The second-order valence-corrected chi connectivity index (χ2v) is 13.2. The van der Waals surface area contributed by atoms with E-state index in [1.807, 2.05) is 6.92 Å². The number of carbonyl (C=O) groups is 6. The molecule has 2 bridgehead atoms. The van der Waals surface area contributed by atoms with Gasteiger partial charge in [-0.25, -0.2) is 4.79 Å². The standard InChI is InChI=1S/C29H37F3O11.2CH4/c1-12(24(35)40-15-9-20(33)39-11-15)6-18-23(26(37)42-25(18)36)22-13(2)14-7-16(17(22)8-14)19(41-27(38)29(30,31)32)10-21(34)43-28(3,4)5;;/h12-19,22-23H,6-11H2,1-5H3;2*1H4.